The van der Waals surface area contributed by atoms with E-state index in [-0.39, 0.29) is 5.91 Å². The summed E-state index contributed by atoms with van der Waals surface area (Å²) in [4.78, 5) is 11.9. The van der Waals surface area contributed by atoms with Crippen molar-refractivity contribution in [3.8, 4) is 0 Å². The van der Waals surface area contributed by atoms with Gasteiger partial charge in [0.1, 0.15) is 5.01 Å². The van der Waals surface area contributed by atoms with Crippen LogP contribution in [0.2, 0.25) is 10.0 Å². The minimum absolute atomic E-state index is 0.285. The summed E-state index contributed by atoms with van der Waals surface area (Å²) in [6.07, 6.45) is 0.792. The SMILES string of the molecule is CCc1nnc(NC(=O)c2ccc(Cl)c(Cl)c2)s1. The first-order valence-corrected chi connectivity index (χ1v) is 6.76. The number of halogens is 2. The molecule has 1 amide bonds. The summed E-state index contributed by atoms with van der Waals surface area (Å²) in [6, 6.07) is 4.70. The molecule has 1 heterocycles. The molecule has 0 unspecified atom stereocenters. The molecule has 18 heavy (non-hydrogen) atoms. The molecule has 0 spiro atoms. The highest BCUT2D eigenvalue weighted by molar-refractivity contribution is 7.15. The first-order chi connectivity index (χ1) is 8.60. The molecule has 4 nitrogen and oxygen atoms in total. The van der Waals surface area contributed by atoms with Gasteiger partial charge in [0.25, 0.3) is 5.91 Å². The van der Waals surface area contributed by atoms with Gasteiger partial charge in [-0.3, -0.25) is 10.1 Å². The Morgan fingerprint density at radius 2 is 2.11 bits per heavy atom. The van der Waals surface area contributed by atoms with Crippen LogP contribution in [0, 0.1) is 0 Å². The molecule has 94 valence electrons. The van der Waals surface area contributed by atoms with Gasteiger partial charge in [0.05, 0.1) is 10.0 Å². The number of hydrogen-bond donors (Lipinski definition) is 1. The van der Waals surface area contributed by atoms with Crippen LogP contribution in [-0.2, 0) is 6.42 Å². The van der Waals surface area contributed by atoms with Crippen LogP contribution in [-0.4, -0.2) is 16.1 Å². The Morgan fingerprint density at radius 3 is 2.72 bits per heavy atom. The lowest BCUT2D eigenvalue weighted by Gasteiger charge is -2.02. The number of carbonyl (C=O) groups excluding carboxylic acids is 1. The van der Waals surface area contributed by atoms with Gasteiger partial charge in [0.2, 0.25) is 5.13 Å². The first kappa shape index (κ1) is 13.3. The molecule has 7 heteroatoms. The fraction of sp³-hybridized carbons (Fsp3) is 0.182. The molecule has 0 aliphatic carbocycles. The second-order valence-electron chi connectivity index (χ2n) is 3.44. The van der Waals surface area contributed by atoms with Crippen molar-refractivity contribution in [2.24, 2.45) is 0 Å². The molecule has 2 aromatic rings. The highest BCUT2D eigenvalue weighted by Gasteiger charge is 2.11. The number of nitrogens with one attached hydrogen (secondary N) is 1. The summed E-state index contributed by atoms with van der Waals surface area (Å²) in [5, 5.41) is 12.6. The molecule has 0 aliphatic rings. The fourth-order valence-corrected chi connectivity index (χ4v) is 2.23. The van der Waals surface area contributed by atoms with Crippen LogP contribution in [0.1, 0.15) is 22.3 Å². The Bertz CT molecular complexity index is 585. The van der Waals surface area contributed by atoms with E-state index in [2.05, 4.69) is 15.5 Å². The monoisotopic (exact) mass is 301 g/mol. The van der Waals surface area contributed by atoms with Crippen LogP contribution in [0.25, 0.3) is 0 Å². The normalized spacial score (nSPS) is 10.4. The fourth-order valence-electron chi connectivity index (χ4n) is 1.25. The van der Waals surface area contributed by atoms with Crippen molar-refractivity contribution in [2.75, 3.05) is 5.32 Å². The topological polar surface area (TPSA) is 54.9 Å². The summed E-state index contributed by atoms with van der Waals surface area (Å²) >= 11 is 13.0. The maximum atomic E-state index is 11.9. The van der Waals surface area contributed by atoms with E-state index in [0.717, 1.165) is 11.4 Å². The molecule has 1 aromatic carbocycles. The third kappa shape index (κ3) is 2.98. The predicted molar refractivity (Wildman–Crippen MR) is 73.7 cm³/mol. The largest absolute Gasteiger partial charge is 0.296 e. The van der Waals surface area contributed by atoms with Gasteiger partial charge in [0.15, 0.2) is 0 Å². The number of rotatable bonds is 3. The van der Waals surface area contributed by atoms with Gasteiger partial charge in [-0.15, -0.1) is 10.2 Å². The highest BCUT2D eigenvalue weighted by atomic mass is 35.5. The van der Waals surface area contributed by atoms with E-state index < -0.39 is 0 Å². The maximum Gasteiger partial charge on any atom is 0.257 e. The number of benzene rings is 1. The van der Waals surface area contributed by atoms with Crippen LogP contribution in [0.4, 0.5) is 5.13 Å². The second kappa shape index (κ2) is 5.65. The van der Waals surface area contributed by atoms with Gasteiger partial charge >= 0.3 is 0 Å². The average molecular weight is 302 g/mol. The van der Waals surface area contributed by atoms with Crippen LogP contribution in [0.15, 0.2) is 18.2 Å². The van der Waals surface area contributed by atoms with E-state index in [0.29, 0.717) is 20.7 Å². The van der Waals surface area contributed by atoms with Crippen LogP contribution >= 0.6 is 34.5 Å². The Hall–Kier alpha value is -1.17. The molecule has 0 aliphatic heterocycles. The summed E-state index contributed by atoms with van der Waals surface area (Å²) < 4.78 is 0. The van der Waals surface area contributed by atoms with Gasteiger partial charge < -0.3 is 0 Å². The van der Waals surface area contributed by atoms with Crippen LogP contribution in [0.5, 0.6) is 0 Å². The Kier molecular flexibility index (Phi) is 4.16. The standard InChI is InChI=1S/C11H9Cl2N3OS/c1-2-9-15-16-11(18-9)14-10(17)6-3-4-7(12)8(13)5-6/h3-5H,2H2,1H3,(H,14,16,17). The quantitative estimate of drug-likeness (QED) is 0.941. The van der Waals surface area contributed by atoms with Gasteiger partial charge in [-0.25, -0.2) is 0 Å². The summed E-state index contributed by atoms with van der Waals surface area (Å²) in [7, 11) is 0. The van der Waals surface area contributed by atoms with E-state index in [1.165, 1.54) is 17.4 Å². The third-order valence-electron chi connectivity index (χ3n) is 2.17. The maximum absolute atomic E-state index is 11.9. The molecule has 1 N–H and O–H groups in total. The molecular weight excluding hydrogens is 293 g/mol. The molecule has 0 saturated heterocycles. The lowest BCUT2D eigenvalue weighted by molar-refractivity contribution is 0.102. The van der Waals surface area contributed by atoms with Gasteiger partial charge in [-0.05, 0) is 24.6 Å². The van der Waals surface area contributed by atoms with Crippen LogP contribution in [0.3, 0.4) is 0 Å². The number of anilines is 1. The molecule has 2 rings (SSSR count). The number of hydrogen-bond acceptors (Lipinski definition) is 4. The average Bonchev–Trinajstić information content (AvgIpc) is 2.80. The zero-order valence-electron chi connectivity index (χ0n) is 9.41. The smallest absolute Gasteiger partial charge is 0.257 e. The minimum Gasteiger partial charge on any atom is -0.296 e. The molecule has 0 atom stereocenters. The van der Waals surface area contributed by atoms with E-state index in [9.17, 15) is 4.79 Å². The van der Waals surface area contributed by atoms with E-state index in [4.69, 9.17) is 23.2 Å². The summed E-state index contributed by atoms with van der Waals surface area (Å²) in [6.45, 7) is 1.98. The second-order valence-corrected chi connectivity index (χ2v) is 5.31. The van der Waals surface area contributed by atoms with Crippen molar-refractivity contribution in [2.45, 2.75) is 13.3 Å². The molecule has 1 aromatic heterocycles. The zero-order valence-corrected chi connectivity index (χ0v) is 11.7. The highest BCUT2D eigenvalue weighted by Crippen LogP contribution is 2.23. The van der Waals surface area contributed by atoms with Crippen molar-refractivity contribution in [1.82, 2.24) is 10.2 Å². The Morgan fingerprint density at radius 1 is 1.33 bits per heavy atom. The van der Waals surface area contributed by atoms with E-state index in [1.54, 1.807) is 12.1 Å². The summed E-state index contributed by atoms with van der Waals surface area (Å²) in [5.41, 5.74) is 0.428. The lowest BCUT2D eigenvalue weighted by atomic mass is 10.2. The molecule has 0 bridgehead atoms. The molecule has 0 fully saturated rings. The van der Waals surface area contributed by atoms with E-state index >= 15 is 0 Å². The van der Waals surface area contributed by atoms with Crippen molar-refractivity contribution in [3.63, 3.8) is 0 Å². The third-order valence-corrected chi connectivity index (χ3v) is 3.89. The van der Waals surface area contributed by atoms with Gasteiger partial charge in [-0.1, -0.05) is 41.5 Å². The van der Waals surface area contributed by atoms with E-state index in [1.807, 2.05) is 6.92 Å². The molecule has 0 radical (unpaired) electrons. The van der Waals surface area contributed by atoms with Gasteiger partial charge in [0, 0.05) is 5.56 Å². The zero-order chi connectivity index (χ0) is 13.1. The van der Waals surface area contributed by atoms with Crippen molar-refractivity contribution < 1.29 is 4.79 Å². The number of aromatic nitrogens is 2. The predicted octanol–water partition coefficient (Wildman–Crippen LogP) is 3.66. The number of amides is 1. The molecule has 0 saturated carbocycles. The van der Waals surface area contributed by atoms with Crippen LogP contribution < -0.4 is 5.32 Å². The Labute approximate surface area is 118 Å². The van der Waals surface area contributed by atoms with Crippen molar-refractivity contribution in [1.29, 1.82) is 0 Å². The number of carbonyl (C=O) groups is 1. The minimum atomic E-state index is -0.285. The Balaban J connectivity index is 2.14. The lowest BCUT2D eigenvalue weighted by Crippen LogP contribution is -2.11. The number of aryl methyl sites for hydroxylation is 1. The van der Waals surface area contributed by atoms with Gasteiger partial charge in [-0.2, -0.15) is 0 Å². The molecular formula is C11H9Cl2N3OS. The first-order valence-electron chi connectivity index (χ1n) is 5.19. The summed E-state index contributed by atoms with van der Waals surface area (Å²) in [5.74, 6) is -0.285. The van der Waals surface area contributed by atoms with Crippen molar-refractivity contribution in [3.05, 3.63) is 38.8 Å². The van der Waals surface area contributed by atoms with Crippen molar-refractivity contribution >= 4 is 45.6 Å². The number of nitrogens with zero attached hydrogens (tertiary/aromatic N) is 2.